The van der Waals surface area contributed by atoms with Crippen molar-refractivity contribution in [1.29, 1.82) is 0 Å². The molecule has 1 saturated heterocycles. The smallest absolute Gasteiger partial charge is 0.337 e. The normalized spacial score (nSPS) is 17.2. The lowest BCUT2D eigenvalue weighted by molar-refractivity contribution is 0.0697. The van der Waals surface area contributed by atoms with Crippen LogP contribution in [0.2, 0.25) is 0 Å². The van der Waals surface area contributed by atoms with Crippen LogP contribution in [0.25, 0.3) is 0 Å². The number of hydrogen-bond acceptors (Lipinski definition) is 4. The molecule has 0 unspecified atom stereocenters. The lowest BCUT2D eigenvalue weighted by Gasteiger charge is -2.24. The molecule has 1 aromatic carbocycles. The van der Waals surface area contributed by atoms with Gasteiger partial charge in [0.1, 0.15) is 0 Å². The van der Waals surface area contributed by atoms with Crippen molar-refractivity contribution in [2.24, 2.45) is 0 Å². The van der Waals surface area contributed by atoms with Gasteiger partial charge in [0.05, 0.1) is 17.9 Å². The molecule has 5 heteroatoms. The van der Waals surface area contributed by atoms with E-state index < -0.39 is 5.97 Å². The number of benzene rings is 1. The zero-order valence-electron chi connectivity index (χ0n) is 11.0. The second kappa shape index (κ2) is 6.54. The first kappa shape index (κ1) is 13.8. The number of hydrogen-bond donors (Lipinski definition) is 2. The highest BCUT2D eigenvalue weighted by Gasteiger charge is 2.19. The van der Waals surface area contributed by atoms with Crippen LogP contribution in [0.15, 0.2) is 24.3 Å². The van der Waals surface area contributed by atoms with Gasteiger partial charge in [-0.3, -0.25) is 4.90 Å². The highest BCUT2D eigenvalue weighted by atomic mass is 16.4. The minimum atomic E-state index is -0.882. The number of para-hydroxylation sites is 1. The van der Waals surface area contributed by atoms with Crippen molar-refractivity contribution in [2.75, 3.05) is 44.2 Å². The molecule has 1 aliphatic rings. The highest BCUT2D eigenvalue weighted by molar-refractivity contribution is 5.94. The Labute approximate surface area is 113 Å². The molecule has 0 aliphatic carbocycles. The van der Waals surface area contributed by atoms with E-state index in [-0.39, 0.29) is 6.61 Å². The largest absolute Gasteiger partial charge is 0.478 e. The predicted molar refractivity (Wildman–Crippen MR) is 73.8 cm³/mol. The van der Waals surface area contributed by atoms with Crippen LogP contribution in [0.3, 0.4) is 0 Å². The summed E-state index contributed by atoms with van der Waals surface area (Å²) in [6, 6.07) is 7.14. The molecule has 0 spiro atoms. The van der Waals surface area contributed by atoms with Gasteiger partial charge in [0, 0.05) is 26.2 Å². The summed E-state index contributed by atoms with van der Waals surface area (Å²) in [5, 5.41) is 18.2. The number of anilines is 1. The fourth-order valence-corrected chi connectivity index (χ4v) is 2.51. The molecule has 1 aliphatic heterocycles. The van der Waals surface area contributed by atoms with Crippen LogP contribution in [0.4, 0.5) is 5.69 Å². The van der Waals surface area contributed by atoms with Gasteiger partial charge in [0.2, 0.25) is 0 Å². The molecule has 0 saturated carbocycles. The maximum Gasteiger partial charge on any atom is 0.337 e. The van der Waals surface area contributed by atoms with Crippen LogP contribution in [-0.4, -0.2) is 60.4 Å². The molecule has 0 bridgehead atoms. The molecule has 0 aromatic heterocycles. The number of β-amino-alcohol motifs (C(OH)–C–C–N with tert-alkyl or cyclic N) is 1. The van der Waals surface area contributed by atoms with Crippen molar-refractivity contribution < 1.29 is 15.0 Å². The van der Waals surface area contributed by atoms with E-state index in [1.165, 1.54) is 0 Å². The summed E-state index contributed by atoms with van der Waals surface area (Å²) in [7, 11) is 0. The molecule has 0 atom stereocenters. The van der Waals surface area contributed by atoms with Gasteiger partial charge in [-0.1, -0.05) is 12.1 Å². The first-order valence-electron chi connectivity index (χ1n) is 6.63. The Bertz CT molecular complexity index is 436. The van der Waals surface area contributed by atoms with Crippen molar-refractivity contribution in [1.82, 2.24) is 4.90 Å². The number of carbonyl (C=O) groups is 1. The predicted octanol–water partition coefficient (Wildman–Crippen LogP) is 0.889. The molecule has 1 aromatic rings. The first-order valence-corrected chi connectivity index (χ1v) is 6.63. The van der Waals surface area contributed by atoms with Crippen LogP contribution < -0.4 is 4.90 Å². The Kier molecular flexibility index (Phi) is 4.76. The van der Waals surface area contributed by atoms with Gasteiger partial charge in [-0.2, -0.15) is 0 Å². The Balaban J connectivity index is 2.12. The fourth-order valence-electron chi connectivity index (χ4n) is 2.51. The third-order valence-corrected chi connectivity index (χ3v) is 3.48. The van der Waals surface area contributed by atoms with Crippen molar-refractivity contribution >= 4 is 11.7 Å². The zero-order valence-corrected chi connectivity index (χ0v) is 11.0. The second-order valence-electron chi connectivity index (χ2n) is 4.73. The molecule has 2 rings (SSSR count). The molecule has 1 fully saturated rings. The molecule has 19 heavy (non-hydrogen) atoms. The van der Waals surface area contributed by atoms with E-state index in [1.54, 1.807) is 12.1 Å². The van der Waals surface area contributed by atoms with Crippen molar-refractivity contribution in [2.45, 2.75) is 6.42 Å². The number of nitrogens with zero attached hydrogens (tertiary/aromatic N) is 2. The van der Waals surface area contributed by atoms with E-state index in [9.17, 15) is 9.90 Å². The molecular formula is C14H20N2O3. The topological polar surface area (TPSA) is 64.0 Å². The van der Waals surface area contributed by atoms with Crippen LogP contribution in [-0.2, 0) is 0 Å². The number of carboxylic acids is 1. The minimum absolute atomic E-state index is 0.172. The molecule has 5 nitrogen and oxygen atoms in total. The molecule has 104 valence electrons. The lowest BCUT2D eigenvalue weighted by atomic mass is 10.1. The van der Waals surface area contributed by atoms with Crippen LogP contribution >= 0.6 is 0 Å². The summed E-state index contributed by atoms with van der Waals surface area (Å²) in [5.41, 5.74) is 1.15. The van der Waals surface area contributed by atoms with E-state index in [0.29, 0.717) is 12.1 Å². The number of aliphatic hydroxyl groups excluding tert-OH is 1. The first-order chi connectivity index (χ1) is 9.22. The van der Waals surface area contributed by atoms with Crippen molar-refractivity contribution in [3.05, 3.63) is 29.8 Å². The minimum Gasteiger partial charge on any atom is -0.478 e. The summed E-state index contributed by atoms with van der Waals surface area (Å²) < 4.78 is 0. The monoisotopic (exact) mass is 264 g/mol. The quantitative estimate of drug-likeness (QED) is 0.845. The van der Waals surface area contributed by atoms with E-state index >= 15 is 0 Å². The molecule has 2 N–H and O–H groups in total. The Morgan fingerprint density at radius 2 is 1.95 bits per heavy atom. The fraction of sp³-hybridized carbons (Fsp3) is 0.500. The Morgan fingerprint density at radius 1 is 1.16 bits per heavy atom. The lowest BCUT2D eigenvalue weighted by Crippen LogP contribution is -2.33. The van der Waals surface area contributed by atoms with Gasteiger partial charge < -0.3 is 15.1 Å². The van der Waals surface area contributed by atoms with Gasteiger partial charge in [-0.15, -0.1) is 0 Å². The zero-order chi connectivity index (χ0) is 13.7. The Morgan fingerprint density at radius 3 is 2.68 bits per heavy atom. The number of rotatable bonds is 4. The average molecular weight is 264 g/mol. The molecule has 0 radical (unpaired) electrons. The maximum atomic E-state index is 11.2. The number of aromatic carboxylic acids is 1. The highest BCUT2D eigenvalue weighted by Crippen LogP contribution is 2.21. The van der Waals surface area contributed by atoms with Gasteiger partial charge in [-0.25, -0.2) is 4.79 Å². The molecular weight excluding hydrogens is 244 g/mol. The number of carboxylic acid groups (broad SMARTS) is 1. The summed E-state index contributed by atoms with van der Waals surface area (Å²) >= 11 is 0. The standard InChI is InChI=1S/C14H20N2O3/c17-11-10-15-6-3-7-16(9-8-15)13-5-2-1-4-12(13)14(18)19/h1-2,4-5,17H,3,6-11H2,(H,18,19). The van der Waals surface area contributed by atoms with Crippen LogP contribution in [0.1, 0.15) is 16.8 Å². The van der Waals surface area contributed by atoms with E-state index in [2.05, 4.69) is 9.80 Å². The number of aliphatic hydroxyl groups is 1. The van der Waals surface area contributed by atoms with Gasteiger partial charge in [0.25, 0.3) is 0 Å². The van der Waals surface area contributed by atoms with Crippen LogP contribution in [0.5, 0.6) is 0 Å². The summed E-state index contributed by atoms with van der Waals surface area (Å²) in [6.45, 7) is 4.32. The van der Waals surface area contributed by atoms with Gasteiger partial charge >= 0.3 is 5.97 Å². The SMILES string of the molecule is O=C(O)c1ccccc1N1CCCN(CCO)CC1. The van der Waals surface area contributed by atoms with Crippen LogP contribution in [0, 0.1) is 0 Å². The second-order valence-corrected chi connectivity index (χ2v) is 4.73. The average Bonchev–Trinajstić information content (AvgIpc) is 2.65. The third kappa shape index (κ3) is 3.45. The van der Waals surface area contributed by atoms with Gasteiger partial charge in [-0.05, 0) is 25.1 Å². The van der Waals surface area contributed by atoms with E-state index in [4.69, 9.17) is 5.11 Å². The summed E-state index contributed by atoms with van der Waals surface area (Å²) in [6.07, 6.45) is 0.980. The molecule has 0 amide bonds. The Hall–Kier alpha value is -1.59. The van der Waals surface area contributed by atoms with Crippen molar-refractivity contribution in [3.8, 4) is 0 Å². The van der Waals surface area contributed by atoms with E-state index in [0.717, 1.165) is 38.3 Å². The summed E-state index contributed by atoms with van der Waals surface area (Å²) in [4.78, 5) is 15.6. The summed E-state index contributed by atoms with van der Waals surface area (Å²) in [5.74, 6) is -0.882. The molecule has 1 heterocycles. The van der Waals surface area contributed by atoms with Gasteiger partial charge in [0.15, 0.2) is 0 Å². The maximum absolute atomic E-state index is 11.2. The third-order valence-electron chi connectivity index (χ3n) is 3.48. The van der Waals surface area contributed by atoms with E-state index in [1.807, 2.05) is 12.1 Å². The van der Waals surface area contributed by atoms with Crippen molar-refractivity contribution in [3.63, 3.8) is 0 Å².